The van der Waals surface area contributed by atoms with Crippen LogP contribution in [0.25, 0.3) is 0 Å². The molecular formula is C18H22N4O2S. The Labute approximate surface area is 152 Å². The molecule has 1 amide bonds. The van der Waals surface area contributed by atoms with Crippen LogP contribution in [0.1, 0.15) is 12.8 Å². The molecule has 1 unspecified atom stereocenters. The lowest BCUT2D eigenvalue weighted by Gasteiger charge is -2.33. The number of carbonyl (C=O) groups is 1. The van der Waals surface area contributed by atoms with Gasteiger partial charge in [-0.1, -0.05) is 11.8 Å². The predicted molar refractivity (Wildman–Crippen MR) is 100 cm³/mol. The molecule has 2 heterocycles. The Balaban J connectivity index is 1.51. The van der Waals surface area contributed by atoms with Crippen LogP contribution < -0.4 is 10.2 Å². The molecule has 1 saturated heterocycles. The molecule has 0 saturated carbocycles. The van der Waals surface area contributed by atoms with Crippen molar-refractivity contribution in [2.75, 3.05) is 36.2 Å². The molecule has 1 aromatic heterocycles. The third-order valence-corrected chi connectivity index (χ3v) is 4.98. The van der Waals surface area contributed by atoms with Crippen LogP contribution in [0.3, 0.4) is 0 Å². The van der Waals surface area contributed by atoms with Crippen molar-refractivity contribution in [1.82, 2.24) is 9.97 Å². The summed E-state index contributed by atoms with van der Waals surface area (Å²) in [5.41, 5.74) is 1.95. The van der Waals surface area contributed by atoms with Crippen LogP contribution in [-0.2, 0) is 9.53 Å². The highest BCUT2D eigenvalue weighted by atomic mass is 32.2. The Bertz CT molecular complexity index is 681. The Morgan fingerprint density at radius 2 is 2.08 bits per heavy atom. The minimum Gasteiger partial charge on any atom is -0.380 e. The van der Waals surface area contributed by atoms with Gasteiger partial charge in [-0.05, 0) is 43.2 Å². The van der Waals surface area contributed by atoms with E-state index < -0.39 is 0 Å². The number of nitrogens with zero attached hydrogens (tertiary/aromatic N) is 3. The van der Waals surface area contributed by atoms with Gasteiger partial charge in [-0.3, -0.25) is 4.79 Å². The molecule has 1 atom stereocenters. The number of hydrogen-bond donors (Lipinski definition) is 1. The molecule has 1 aliphatic heterocycles. The summed E-state index contributed by atoms with van der Waals surface area (Å²) >= 11 is 1.32. The normalized spacial score (nSPS) is 17.3. The van der Waals surface area contributed by atoms with E-state index in [-0.39, 0.29) is 11.7 Å². The number of nitrogens with one attached hydrogen (secondary N) is 1. The summed E-state index contributed by atoms with van der Waals surface area (Å²) in [5, 5.41) is 3.51. The largest absolute Gasteiger partial charge is 0.380 e. The van der Waals surface area contributed by atoms with Crippen LogP contribution in [0.15, 0.2) is 47.9 Å². The molecule has 1 fully saturated rings. The number of methoxy groups -OCH3 is 1. The van der Waals surface area contributed by atoms with Crippen molar-refractivity contribution in [3.63, 3.8) is 0 Å². The number of aromatic nitrogens is 2. The maximum atomic E-state index is 12.0. The molecule has 3 rings (SSSR count). The van der Waals surface area contributed by atoms with Gasteiger partial charge in [-0.25, -0.2) is 9.97 Å². The van der Waals surface area contributed by atoms with Crippen molar-refractivity contribution in [3.8, 4) is 0 Å². The first kappa shape index (κ1) is 17.7. The van der Waals surface area contributed by atoms with Gasteiger partial charge in [0.05, 0.1) is 11.9 Å². The Hall–Kier alpha value is -2.12. The van der Waals surface area contributed by atoms with Gasteiger partial charge < -0.3 is 15.0 Å². The van der Waals surface area contributed by atoms with Crippen molar-refractivity contribution >= 4 is 29.0 Å². The molecule has 0 bridgehead atoms. The number of amides is 1. The molecule has 25 heavy (non-hydrogen) atoms. The summed E-state index contributed by atoms with van der Waals surface area (Å²) in [6.45, 7) is 1.95. The minimum absolute atomic E-state index is 0.0670. The van der Waals surface area contributed by atoms with Crippen molar-refractivity contribution in [2.24, 2.45) is 0 Å². The van der Waals surface area contributed by atoms with Crippen LogP contribution in [0.5, 0.6) is 0 Å². The third-order valence-electron chi connectivity index (χ3n) is 4.10. The second kappa shape index (κ2) is 8.82. The first-order chi connectivity index (χ1) is 12.2. The summed E-state index contributed by atoms with van der Waals surface area (Å²) in [6, 6.07) is 9.71. The molecule has 1 aliphatic rings. The number of thioether (sulfide) groups is 1. The van der Waals surface area contributed by atoms with Crippen LogP contribution in [0.4, 0.5) is 11.4 Å². The third kappa shape index (κ3) is 5.17. The maximum Gasteiger partial charge on any atom is 0.234 e. The van der Waals surface area contributed by atoms with E-state index in [4.69, 9.17) is 4.74 Å². The highest BCUT2D eigenvalue weighted by molar-refractivity contribution is 7.99. The lowest BCUT2D eigenvalue weighted by atomic mass is 10.1. The smallest absolute Gasteiger partial charge is 0.234 e. The molecule has 2 aromatic rings. The van der Waals surface area contributed by atoms with Gasteiger partial charge >= 0.3 is 0 Å². The summed E-state index contributed by atoms with van der Waals surface area (Å²) in [5.74, 6) is 0.218. The van der Waals surface area contributed by atoms with Gasteiger partial charge in [0.25, 0.3) is 0 Å². The van der Waals surface area contributed by atoms with Gasteiger partial charge in [-0.2, -0.15) is 0 Å². The number of piperidine rings is 1. The monoisotopic (exact) mass is 358 g/mol. The van der Waals surface area contributed by atoms with E-state index in [1.807, 2.05) is 24.3 Å². The first-order valence-corrected chi connectivity index (χ1v) is 9.30. The lowest BCUT2D eigenvalue weighted by Crippen LogP contribution is -2.39. The van der Waals surface area contributed by atoms with Gasteiger partial charge in [0.2, 0.25) is 5.91 Å². The predicted octanol–water partition coefficient (Wildman–Crippen LogP) is 2.82. The summed E-state index contributed by atoms with van der Waals surface area (Å²) in [4.78, 5) is 22.5. The van der Waals surface area contributed by atoms with E-state index in [0.29, 0.717) is 11.3 Å². The van der Waals surface area contributed by atoms with E-state index >= 15 is 0 Å². The van der Waals surface area contributed by atoms with Gasteiger partial charge in [0.1, 0.15) is 0 Å². The quantitative estimate of drug-likeness (QED) is 0.633. The SMILES string of the molecule is COC1CCCN(c2ccc(NC(=O)CSc3ncccn3)cc2)C1. The van der Waals surface area contributed by atoms with Gasteiger partial charge in [-0.15, -0.1) is 0 Å². The standard InChI is InChI=1S/C18H22N4O2S/c1-24-16-4-2-11-22(12-16)15-7-5-14(6-8-15)21-17(23)13-25-18-19-9-3-10-20-18/h3,5-10,16H,2,4,11-13H2,1H3,(H,21,23). The van der Waals surface area contributed by atoms with E-state index in [0.717, 1.165) is 37.3 Å². The Kier molecular flexibility index (Phi) is 6.25. The molecule has 0 aliphatic carbocycles. The maximum absolute atomic E-state index is 12.0. The Morgan fingerprint density at radius 3 is 2.80 bits per heavy atom. The molecule has 0 radical (unpaired) electrons. The minimum atomic E-state index is -0.0670. The molecule has 1 N–H and O–H groups in total. The van der Waals surface area contributed by atoms with Crippen molar-refractivity contribution < 1.29 is 9.53 Å². The highest BCUT2D eigenvalue weighted by Gasteiger charge is 2.19. The fourth-order valence-electron chi connectivity index (χ4n) is 2.81. The van der Waals surface area contributed by atoms with Crippen LogP contribution in [-0.4, -0.2) is 47.9 Å². The van der Waals surface area contributed by atoms with Crippen molar-refractivity contribution in [3.05, 3.63) is 42.7 Å². The van der Waals surface area contributed by atoms with E-state index in [9.17, 15) is 4.79 Å². The van der Waals surface area contributed by atoms with Crippen LogP contribution >= 0.6 is 11.8 Å². The van der Waals surface area contributed by atoms with Crippen LogP contribution in [0, 0.1) is 0 Å². The molecular weight excluding hydrogens is 336 g/mol. The lowest BCUT2D eigenvalue weighted by molar-refractivity contribution is -0.113. The second-order valence-corrected chi connectivity index (χ2v) is 6.80. The number of ether oxygens (including phenoxy) is 1. The summed E-state index contributed by atoms with van der Waals surface area (Å²) in [6.07, 6.45) is 5.88. The number of rotatable bonds is 6. The molecule has 6 nitrogen and oxygen atoms in total. The van der Waals surface area contributed by atoms with Crippen molar-refractivity contribution in [1.29, 1.82) is 0 Å². The van der Waals surface area contributed by atoms with E-state index in [2.05, 4.69) is 20.2 Å². The number of carbonyl (C=O) groups excluding carboxylic acids is 1. The molecule has 132 valence electrons. The zero-order valence-corrected chi connectivity index (χ0v) is 15.0. The highest BCUT2D eigenvalue weighted by Crippen LogP contribution is 2.23. The Morgan fingerprint density at radius 1 is 1.32 bits per heavy atom. The summed E-state index contributed by atoms with van der Waals surface area (Å²) in [7, 11) is 1.77. The number of anilines is 2. The molecule has 7 heteroatoms. The average molecular weight is 358 g/mol. The topological polar surface area (TPSA) is 67.3 Å². The number of benzene rings is 1. The fourth-order valence-corrected chi connectivity index (χ4v) is 3.41. The second-order valence-electron chi connectivity index (χ2n) is 5.86. The number of hydrogen-bond acceptors (Lipinski definition) is 6. The van der Waals surface area contributed by atoms with Crippen LogP contribution in [0.2, 0.25) is 0 Å². The molecule has 1 aromatic carbocycles. The average Bonchev–Trinajstić information content (AvgIpc) is 2.68. The van der Waals surface area contributed by atoms with E-state index in [1.165, 1.54) is 11.8 Å². The van der Waals surface area contributed by atoms with Gasteiger partial charge in [0, 0.05) is 44.0 Å². The van der Waals surface area contributed by atoms with E-state index in [1.54, 1.807) is 25.6 Å². The zero-order chi connectivity index (χ0) is 17.5. The van der Waals surface area contributed by atoms with Gasteiger partial charge in [0.15, 0.2) is 5.16 Å². The molecule has 0 spiro atoms. The van der Waals surface area contributed by atoms with Crippen molar-refractivity contribution in [2.45, 2.75) is 24.1 Å². The first-order valence-electron chi connectivity index (χ1n) is 8.32. The summed E-state index contributed by atoms with van der Waals surface area (Å²) < 4.78 is 5.47. The fraction of sp³-hybridized carbons (Fsp3) is 0.389. The zero-order valence-electron chi connectivity index (χ0n) is 14.2.